The number of carbonyl (C=O) groups is 1. The van der Waals surface area contributed by atoms with Gasteiger partial charge in [0.1, 0.15) is 0 Å². The molecule has 0 N–H and O–H groups in total. The van der Waals surface area contributed by atoms with E-state index in [4.69, 9.17) is 8.85 Å². The van der Waals surface area contributed by atoms with Crippen molar-refractivity contribution in [1.29, 1.82) is 0 Å². The van der Waals surface area contributed by atoms with Gasteiger partial charge in [0.25, 0.3) is 5.97 Å². The lowest BCUT2D eigenvalue weighted by atomic mass is 10.2. The summed E-state index contributed by atoms with van der Waals surface area (Å²) in [5, 5.41) is 0. The van der Waals surface area contributed by atoms with Gasteiger partial charge in [-0.05, 0) is 5.92 Å². The quantitative estimate of drug-likeness (QED) is 0.615. The average molecular weight is 217 g/mol. The minimum atomic E-state index is -1.35. The largest absolute Gasteiger partial charge is 0.492 e. The zero-order chi connectivity index (χ0) is 11.0. The second kappa shape index (κ2) is 8.00. The summed E-state index contributed by atoms with van der Waals surface area (Å²) in [6.07, 6.45) is 2.18. The van der Waals surface area contributed by atoms with Crippen LogP contribution in [0.1, 0.15) is 40.5 Å². The first-order valence-corrected chi connectivity index (χ1v) is 6.75. The van der Waals surface area contributed by atoms with Crippen molar-refractivity contribution in [2.24, 2.45) is 5.92 Å². The van der Waals surface area contributed by atoms with Gasteiger partial charge in [0.15, 0.2) is 0 Å². The van der Waals surface area contributed by atoms with Crippen molar-refractivity contribution in [3.05, 3.63) is 0 Å². The van der Waals surface area contributed by atoms with Gasteiger partial charge in [-0.25, -0.2) is 0 Å². The van der Waals surface area contributed by atoms with Crippen LogP contribution in [0.4, 0.5) is 0 Å². The van der Waals surface area contributed by atoms with Crippen molar-refractivity contribution in [3.8, 4) is 0 Å². The lowest BCUT2D eigenvalue weighted by Gasteiger charge is -2.15. The third kappa shape index (κ3) is 8.25. The Morgan fingerprint density at radius 3 is 2.50 bits per heavy atom. The van der Waals surface area contributed by atoms with Crippen molar-refractivity contribution in [3.63, 3.8) is 0 Å². The fourth-order valence-corrected chi connectivity index (χ4v) is 2.68. The average Bonchev–Trinajstić information content (AvgIpc) is 2.09. The van der Waals surface area contributed by atoms with Gasteiger partial charge in [0, 0.05) is 19.6 Å². The third-order valence-electron chi connectivity index (χ3n) is 1.57. The van der Waals surface area contributed by atoms with Crippen LogP contribution in [0.2, 0.25) is 6.04 Å². The van der Waals surface area contributed by atoms with Crippen LogP contribution >= 0.6 is 0 Å². The van der Waals surface area contributed by atoms with Crippen LogP contribution in [-0.4, -0.2) is 21.9 Å². The standard InChI is InChI=1S/C10H21O3Si/c1-5-6-7-14(13-10(4)11)12-8-9(2)3/h9H,5-8H2,1-4H3. The molecule has 0 saturated carbocycles. The molecule has 0 aromatic rings. The molecule has 0 aromatic carbocycles. The molecule has 0 saturated heterocycles. The van der Waals surface area contributed by atoms with Crippen molar-refractivity contribution < 1.29 is 13.6 Å². The Morgan fingerprint density at radius 1 is 1.43 bits per heavy atom. The lowest BCUT2D eigenvalue weighted by molar-refractivity contribution is -0.133. The molecule has 0 spiro atoms. The molecule has 0 atom stereocenters. The summed E-state index contributed by atoms with van der Waals surface area (Å²) in [5.41, 5.74) is 0. The fourth-order valence-electron chi connectivity index (χ4n) is 0.894. The molecule has 3 nitrogen and oxygen atoms in total. The van der Waals surface area contributed by atoms with Gasteiger partial charge in [-0.15, -0.1) is 0 Å². The second-order valence-electron chi connectivity index (χ2n) is 3.77. The smallest absolute Gasteiger partial charge is 0.459 e. The maximum Gasteiger partial charge on any atom is 0.459 e. The highest BCUT2D eigenvalue weighted by Crippen LogP contribution is 2.06. The molecule has 0 unspecified atom stereocenters. The van der Waals surface area contributed by atoms with Gasteiger partial charge in [-0.1, -0.05) is 33.6 Å². The summed E-state index contributed by atoms with van der Waals surface area (Å²) in [6.45, 7) is 8.43. The van der Waals surface area contributed by atoms with E-state index >= 15 is 0 Å². The highest BCUT2D eigenvalue weighted by atomic mass is 28.3. The molecule has 4 heteroatoms. The van der Waals surface area contributed by atoms with Gasteiger partial charge in [-0.2, -0.15) is 0 Å². The monoisotopic (exact) mass is 217 g/mol. The molecule has 0 aliphatic carbocycles. The van der Waals surface area contributed by atoms with Gasteiger partial charge in [0.05, 0.1) is 0 Å². The molecule has 1 radical (unpaired) electrons. The Hall–Kier alpha value is -0.353. The predicted molar refractivity (Wildman–Crippen MR) is 58.0 cm³/mol. The van der Waals surface area contributed by atoms with E-state index in [9.17, 15) is 4.79 Å². The van der Waals surface area contributed by atoms with E-state index in [0.717, 1.165) is 18.9 Å². The number of rotatable bonds is 7. The summed E-state index contributed by atoms with van der Waals surface area (Å²) < 4.78 is 10.7. The molecular weight excluding hydrogens is 196 g/mol. The van der Waals surface area contributed by atoms with E-state index in [-0.39, 0.29) is 5.97 Å². The summed E-state index contributed by atoms with van der Waals surface area (Å²) in [5.74, 6) is 0.269. The molecule has 0 heterocycles. The van der Waals surface area contributed by atoms with Gasteiger partial charge in [-0.3, -0.25) is 4.79 Å². The van der Waals surface area contributed by atoms with Crippen molar-refractivity contribution in [2.45, 2.75) is 46.6 Å². The van der Waals surface area contributed by atoms with Crippen molar-refractivity contribution in [1.82, 2.24) is 0 Å². The molecular formula is C10H21O3Si. The topological polar surface area (TPSA) is 35.5 Å². The van der Waals surface area contributed by atoms with Crippen LogP contribution in [0.15, 0.2) is 0 Å². The van der Waals surface area contributed by atoms with Crippen LogP contribution in [0, 0.1) is 5.92 Å². The summed E-state index contributed by atoms with van der Waals surface area (Å²) in [6, 6.07) is 0.896. The highest BCUT2D eigenvalue weighted by molar-refractivity contribution is 6.46. The summed E-state index contributed by atoms with van der Waals surface area (Å²) >= 11 is 0. The van der Waals surface area contributed by atoms with Gasteiger partial charge < -0.3 is 8.85 Å². The number of unbranched alkanes of at least 4 members (excludes halogenated alkanes) is 1. The molecule has 83 valence electrons. The summed E-state index contributed by atoms with van der Waals surface area (Å²) in [7, 11) is -1.35. The first-order valence-electron chi connectivity index (χ1n) is 5.23. The zero-order valence-corrected chi connectivity index (χ0v) is 10.6. The number of hydrogen-bond acceptors (Lipinski definition) is 3. The maximum absolute atomic E-state index is 10.8. The van der Waals surface area contributed by atoms with E-state index in [1.54, 1.807) is 0 Å². The van der Waals surface area contributed by atoms with Gasteiger partial charge >= 0.3 is 9.28 Å². The zero-order valence-electron chi connectivity index (χ0n) is 9.63. The number of hydrogen-bond donors (Lipinski definition) is 0. The van der Waals surface area contributed by atoms with E-state index in [1.807, 2.05) is 0 Å². The van der Waals surface area contributed by atoms with Gasteiger partial charge in [0.2, 0.25) is 0 Å². The Labute approximate surface area is 88.6 Å². The minimum Gasteiger partial charge on any atom is -0.492 e. The second-order valence-corrected chi connectivity index (χ2v) is 5.51. The molecule has 0 rings (SSSR count). The van der Waals surface area contributed by atoms with Crippen LogP contribution in [-0.2, 0) is 13.6 Å². The molecule has 0 aliphatic heterocycles. The molecule has 14 heavy (non-hydrogen) atoms. The van der Waals surface area contributed by atoms with Crippen LogP contribution in [0.25, 0.3) is 0 Å². The lowest BCUT2D eigenvalue weighted by Crippen LogP contribution is -2.26. The highest BCUT2D eigenvalue weighted by Gasteiger charge is 2.19. The van der Waals surface area contributed by atoms with Crippen LogP contribution < -0.4 is 0 Å². The Balaban J connectivity index is 3.78. The van der Waals surface area contributed by atoms with Crippen molar-refractivity contribution in [2.75, 3.05) is 6.61 Å². The SMILES string of the molecule is CCCC[Si](OCC(C)C)OC(C)=O. The molecule has 0 aliphatic rings. The van der Waals surface area contributed by atoms with E-state index in [2.05, 4.69) is 20.8 Å². The Kier molecular flexibility index (Phi) is 7.80. The fraction of sp³-hybridized carbons (Fsp3) is 0.900. The maximum atomic E-state index is 10.8. The van der Waals surface area contributed by atoms with E-state index in [0.29, 0.717) is 12.5 Å². The van der Waals surface area contributed by atoms with Crippen molar-refractivity contribution >= 4 is 15.3 Å². The first kappa shape index (κ1) is 13.6. The molecule has 0 aromatic heterocycles. The predicted octanol–water partition coefficient (Wildman–Crippen LogP) is 2.51. The third-order valence-corrected chi connectivity index (χ3v) is 3.34. The molecule has 0 amide bonds. The molecule has 0 fully saturated rings. The Bertz CT molecular complexity index is 159. The number of carbonyl (C=O) groups excluding carboxylic acids is 1. The van der Waals surface area contributed by atoms with E-state index in [1.165, 1.54) is 6.92 Å². The minimum absolute atomic E-state index is 0.223. The normalized spacial score (nSPS) is 11.0. The van der Waals surface area contributed by atoms with E-state index < -0.39 is 9.28 Å². The summed E-state index contributed by atoms with van der Waals surface area (Å²) in [4.78, 5) is 10.8. The van der Waals surface area contributed by atoms with Crippen LogP contribution in [0.3, 0.4) is 0 Å². The molecule has 0 bridgehead atoms. The Morgan fingerprint density at radius 2 is 2.07 bits per heavy atom. The first-order chi connectivity index (χ1) is 6.56. The van der Waals surface area contributed by atoms with Crippen LogP contribution in [0.5, 0.6) is 0 Å².